The van der Waals surface area contributed by atoms with E-state index in [9.17, 15) is 17.6 Å². The first-order valence-electron chi connectivity index (χ1n) is 12.4. The fourth-order valence-corrected chi connectivity index (χ4v) is 7.28. The molecule has 11 heteroatoms. The molecule has 1 aromatic carbocycles. The number of hydrogen-bond acceptors (Lipinski definition) is 8. The molecule has 0 saturated carbocycles. The van der Waals surface area contributed by atoms with Gasteiger partial charge in [-0.3, -0.25) is 4.79 Å². The van der Waals surface area contributed by atoms with Gasteiger partial charge in [-0.25, -0.2) is 22.8 Å². The Kier molecular flexibility index (Phi) is 5.75. The molecule has 1 aromatic heterocycles. The van der Waals surface area contributed by atoms with Crippen molar-refractivity contribution >= 4 is 33.1 Å². The Morgan fingerprint density at radius 3 is 2.43 bits per heavy atom. The molecule has 196 valence electrons. The third-order valence-corrected chi connectivity index (χ3v) is 10.7. The minimum Gasteiger partial charge on any atom is -0.350 e. The van der Waals surface area contributed by atoms with Crippen molar-refractivity contribution in [3.05, 3.63) is 41.5 Å². The van der Waals surface area contributed by atoms with Crippen LogP contribution in [0.3, 0.4) is 0 Å². The summed E-state index contributed by atoms with van der Waals surface area (Å²) >= 11 is 0. The Labute approximate surface area is 216 Å². The van der Waals surface area contributed by atoms with Crippen LogP contribution in [0.1, 0.15) is 52.2 Å². The SMILES string of the molecule is C[C@@H]1CN(c2ncnc3c2C(C)(C)CN3c2ccc(C#N)c(F)c2)[C@@H](C)CN1C(=O)C1(C)CCS1(=O)=O. The lowest BCUT2D eigenvalue weighted by Gasteiger charge is -2.49. The number of carbonyl (C=O) groups is 1. The maximum absolute atomic E-state index is 14.4. The molecule has 0 bridgehead atoms. The summed E-state index contributed by atoms with van der Waals surface area (Å²) in [5, 5.41) is 9.10. The molecule has 0 aliphatic carbocycles. The van der Waals surface area contributed by atoms with E-state index in [0.717, 1.165) is 11.4 Å². The van der Waals surface area contributed by atoms with Gasteiger partial charge in [-0.05, 0) is 45.4 Å². The van der Waals surface area contributed by atoms with Gasteiger partial charge in [0.15, 0.2) is 9.84 Å². The van der Waals surface area contributed by atoms with E-state index in [1.54, 1.807) is 17.9 Å². The van der Waals surface area contributed by atoms with Crippen molar-refractivity contribution in [1.29, 1.82) is 5.26 Å². The smallest absolute Gasteiger partial charge is 0.244 e. The molecule has 4 heterocycles. The number of nitrogens with zero attached hydrogens (tertiary/aromatic N) is 6. The number of rotatable bonds is 3. The molecule has 0 spiro atoms. The third kappa shape index (κ3) is 3.76. The lowest BCUT2D eigenvalue weighted by molar-refractivity contribution is -0.137. The second-order valence-electron chi connectivity index (χ2n) is 11.2. The molecular formula is C26H31FN6O3S. The summed E-state index contributed by atoms with van der Waals surface area (Å²) < 4.78 is 37.9. The van der Waals surface area contributed by atoms with Gasteiger partial charge in [0.05, 0.1) is 11.3 Å². The molecule has 0 radical (unpaired) electrons. The number of nitriles is 1. The molecule has 1 unspecified atom stereocenters. The van der Waals surface area contributed by atoms with Crippen LogP contribution in [-0.4, -0.2) is 71.4 Å². The van der Waals surface area contributed by atoms with Crippen LogP contribution in [0.2, 0.25) is 0 Å². The van der Waals surface area contributed by atoms with Gasteiger partial charge in [-0.1, -0.05) is 13.8 Å². The van der Waals surface area contributed by atoms with Crippen molar-refractivity contribution < 1.29 is 17.6 Å². The summed E-state index contributed by atoms with van der Waals surface area (Å²) in [5.74, 6) is 0.609. The number of amides is 1. The number of carbonyl (C=O) groups excluding carboxylic acids is 1. The summed E-state index contributed by atoms with van der Waals surface area (Å²) in [4.78, 5) is 28.4. The number of aromatic nitrogens is 2. The zero-order valence-corrected chi connectivity index (χ0v) is 22.5. The van der Waals surface area contributed by atoms with Crippen molar-refractivity contribution in [3.63, 3.8) is 0 Å². The van der Waals surface area contributed by atoms with Crippen molar-refractivity contribution in [2.75, 3.05) is 35.2 Å². The van der Waals surface area contributed by atoms with E-state index in [0.29, 0.717) is 37.6 Å². The molecule has 5 rings (SSSR count). The molecule has 37 heavy (non-hydrogen) atoms. The normalized spacial score (nSPS) is 27.9. The van der Waals surface area contributed by atoms with Gasteiger partial charge < -0.3 is 14.7 Å². The van der Waals surface area contributed by atoms with Crippen molar-refractivity contribution in [2.45, 2.75) is 63.3 Å². The van der Waals surface area contributed by atoms with E-state index < -0.39 is 20.4 Å². The highest BCUT2D eigenvalue weighted by Crippen LogP contribution is 2.47. The van der Waals surface area contributed by atoms with Crippen LogP contribution in [0.15, 0.2) is 24.5 Å². The summed E-state index contributed by atoms with van der Waals surface area (Å²) in [6.07, 6.45) is 1.86. The highest BCUT2D eigenvalue weighted by atomic mass is 32.2. The number of halogens is 1. The number of sulfone groups is 1. The van der Waals surface area contributed by atoms with E-state index in [4.69, 9.17) is 5.26 Å². The fourth-order valence-electron chi connectivity index (χ4n) is 5.74. The second-order valence-corrected chi connectivity index (χ2v) is 13.8. The van der Waals surface area contributed by atoms with Gasteiger partial charge >= 0.3 is 0 Å². The molecule has 3 aliphatic rings. The quantitative estimate of drug-likeness (QED) is 0.600. The second kappa shape index (κ2) is 8.38. The number of fused-ring (bicyclic) bond motifs is 1. The average Bonchev–Trinajstić information content (AvgIpc) is 3.14. The van der Waals surface area contributed by atoms with Gasteiger partial charge in [0.1, 0.15) is 34.6 Å². The highest BCUT2D eigenvalue weighted by Gasteiger charge is 2.57. The first kappa shape index (κ1) is 25.4. The van der Waals surface area contributed by atoms with Crippen LogP contribution in [0.25, 0.3) is 0 Å². The fraction of sp³-hybridized carbons (Fsp3) is 0.538. The first-order chi connectivity index (χ1) is 17.3. The van der Waals surface area contributed by atoms with Gasteiger partial charge in [0, 0.05) is 48.4 Å². The zero-order valence-electron chi connectivity index (χ0n) is 21.7. The van der Waals surface area contributed by atoms with E-state index in [1.807, 2.05) is 24.8 Å². The van der Waals surface area contributed by atoms with Crippen LogP contribution in [0.5, 0.6) is 0 Å². The molecule has 2 saturated heterocycles. The maximum atomic E-state index is 14.4. The number of benzene rings is 1. The Balaban J connectivity index is 1.47. The summed E-state index contributed by atoms with van der Waals surface area (Å²) in [5.41, 5.74) is 1.18. The number of piperazine rings is 1. The maximum Gasteiger partial charge on any atom is 0.244 e. The van der Waals surface area contributed by atoms with Crippen LogP contribution in [0, 0.1) is 17.1 Å². The molecule has 3 atom stereocenters. The minimum atomic E-state index is -3.42. The molecule has 1 amide bonds. The summed E-state index contributed by atoms with van der Waals surface area (Å²) in [6, 6.07) is 6.08. The summed E-state index contributed by atoms with van der Waals surface area (Å²) in [6.45, 7) is 11.1. The zero-order chi connectivity index (χ0) is 26.9. The van der Waals surface area contributed by atoms with E-state index >= 15 is 0 Å². The molecule has 3 aliphatic heterocycles. The van der Waals surface area contributed by atoms with Gasteiger partial charge in [-0.2, -0.15) is 5.26 Å². The van der Waals surface area contributed by atoms with Crippen molar-refractivity contribution in [2.24, 2.45) is 0 Å². The Bertz CT molecular complexity index is 1440. The number of hydrogen-bond donors (Lipinski definition) is 0. The molecule has 2 aromatic rings. The summed E-state index contributed by atoms with van der Waals surface area (Å²) in [7, 11) is -3.42. The molecular weight excluding hydrogens is 495 g/mol. The topological polar surface area (TPSA) is 110 Å². The predicted molar refractivity (Wildman–Crippen MR) is 138 cm³/mol. The Morgan fingerprint density at radius 1 is 1.14 bits per heavy atom. The number of anilines is 3. The van der Waals surface area contributed by atoms with Crippen molar-refractivity contribution in [3.8, 4) is 6.07 Å². The lowest BCUT2D eigenvalue weighted by atomic mass is 9.87. The third-order valence-electron chi connectivity index (χ3n) is 8.18. The molecule has 2 fully saturated rings. The predicted octanol–water partition coefficient (Wildman–Crippen LogP) is 2.92. The Hall–Kier alpha value is -3.26. The lowest BCUT2D eigenvalue weighted by Crippen LogP contribution is -2.66. The van der Waals surface area contributed by atoms with Crippen LogP contribution < -0.4 is 9.80 Å². The monoisotopic (exact) mass is 526 g/mol. The largest absolute Gasteiger partial charge is 0.350 e. The van der Waals surface area contributed by atoms with Crippen molar-refractivity contribution in [1.82, 2.24) is 14.9 Å². The highest BCUT2D eigenvalue weighted by molar-refractivity contribution is 7.95. The van der Waals surface area contributed by atoms with E-state index in [2.05, 4.69) is 28.7 Å². The van der Waals surface area contributed by atoms with E-state index in [-0.39, 0.29) is 34.7 Å². The molecule has 0 N–H and O–H groups in total. The van der Waals surface area contributed by atoms with Gasteiger partial charge in [0.2, 0.25) is 5.91 Å². The molecule has 9 nitrogen and oxygen atoms in total. The van der Waals surface area contributed by atoms with Crippen LogP contribution in [0.4, 0.5) is 21.7 Å². The standard InChI is InChI=1S/C26H31FN6O3S/c1-16-13-32(24(34)26(5)8-9-37(26,35)36)17(2)12-31(16)22-21-23(30-15-29-22)33(14-25(21,3)4)19-7-6-18(11-28)20(27)10-19/h6-7,10,15-17H,8-9,12-14H2,1-5H3/t16-,17+,26?/m0/s1. The van der Waals surface area contributed by atoms with Gasteiger partial charge in [-0.15, -0.1) is 0 Å². The Morgan fingerprint density at radius 2 is 1.84 bits per heavy atom. The van der Waals surface area contributed by atoms with E-state index in [1.165, 1.54) is 18.5 Å². The average molecular weight is 527 g/mol. The van der Waals surface area contributed by atoms with Crippen LogP contribution >= 0.6 is 0 Å². The van der Waals surface area contributed by atoms with Crippen LogP contribution in [-0.2, 0) is 20.0 Å². The first-order valence-corrected chi connectivity index (χ1v) is 14.1. The van der Waals surface area contributed by atoms with Gasteiger partial charge in [0.25, 0.3) is 0 Å². The minimum absolute atomic E-state index is 0.00963.